The fraction of sp³-hybridized carbons (Fsp3) is 0.370. The molecule has 0 unspecified atom stereocenters. The van der Waals surface area contributed by atoms with Crippen LogP contribution in [0.1, 0.15) is 35.7 Å². The SMILES string of the molecule is CC1=C[C@@H]2[C@@H]3C(=O)N(C[C@@H]4CCCO4)C(=O)[C@@H]3[C@H](C(=O)c3ccc(Cl)cc3)N2c2ccccc21. The highest BCUT2D eigenvalue weighted by Gasteiger charge is 2.64. The number of nitrogens with zero attached hydrogens (tertiary/aromatic N) is 2. The largest absolute Gasteiger partial charge is 0.376 e. The predicted octanol–water partition coefficient (Wildman–Crippen LogP) is 3.98. The first kappa shape index (κ1) is 21.6. The third-order valence-corrected chi connectivity index (χ3v) is 7.91. The van der Waals surface area contributed by atoms with E-state index in [2.05, 4.69) is 6.08 Å². The van der Waals surface area contributed by atoms with Gasteiger partial charge in [-0.3, -0.25) is 19.3 Å². The van der Waals surface area contributed by atoms with Crippen LogP contribution in [0.5, 0.6) is 0 Å². The molecule has 2 aromatic carbocycles. The van der Waals surface area contributed by atoms with Crippen LogP contribution in [-0.4, -0.2) is 53.8 Å². The predicted molar refractivity (Wildman–Crippen MR) is 129 cm³/mol. The van der Waals surface area contributed by atoms with Crippen LogP contribution in [0, 0.1) is 11.8 Å². The van der Waals surface area contributed by atoms with Gasteiger partial charge in [0, 0.05) is 28.4 Å². The summed E-state index contributed by atoms with van der Waals surface area (Å²) in [5, 5.41) is 0.537. The Labute approximate surface area is 203 Å². The molecule has 3 saturated heterocycles. The number of Topliss-reactive ketones (excluding diaryl/α,β-unsaturated/α-hetero) is 1. The van der Waals surface area contributed by atoms with Gasteiger partial charge in [0.05, 0.1) is 30.5 Å². The molecular formula is C27H25ClN2O4. The first-order valence-electron chi connectivity index (χ1n) is 11.8. The standard InChI is InChI=1S/C27H25ClN2O4/c1-15-13-21-22-23(27(33)29(26(22)32)14-18-5-4-12-34-18)24(25(31)16-8-10-17(28)11-9-16)30(21)20-7-3-2-6-19(15)20/h2-3,6-11,13,18,21-24H,4-5,12,14H2,1H3/t18-,21+,22-,23-,24+/m0/s1. The zero-order valence-electron chi connectivity index (χ0n) is 18.8. The second-order valence-corrected chi connectivity index (χ2v) is 9.99. The van der Waals surface area contributed by atoms with E-state index in [1.54, 1.807) is 24.3 Å². The molecule has 3 fully saturated rings. The molecule has 4 aliphatic rings. The van der Waals surface area contributed by atoms with E-state index >= 15 is 0 Å². The molecule has 2 amide bonds. The smallest absolute Gasteiger partial charge is 0.235 e. The van der Waals surface area contributed by atoms with Crippen LogP contribution < -0.4 is 4.90 Å². The molecular weight excluding hydrogens is 452 g/mol. The highest BCUT2D eigenvalue weighted by molar-refractivity contribution is 6.30. The van der Waals surface area contributed by atoms with Gasteiger partial charge >= 0.3 is 0 Å². The quantitative estimate of drug-likeness (QED) is 0.493. The van der Waals surface area contributed by atoms with E-state index in [0.29, 0.717) is 17.2 Å². The van der Waals surface area contributed by atoms with Crippen LogP contribution in [0.15, 0.2) is 54.6 Å². The molecule has 174 valence electrons. The molecule has 0 aliphatic carbocycles. The van der Waals surface area contributed by atoms with Gasteiger partial charge in [0.25, 0.3) is 0 Å². The Bertz CT molecular complexity index is 1220. The first-order valence-corrected chi connectivity index (χ1v) is 12.2. The number of likely N-dealkylation sites (tertiary alicyclic amines) is 1. The first-order chi connectivity index (χ1) is 16.5. The molecule has 0 spiro atoms. The van der Waals surface area contributed by atoms with Gasteiger partial charge in [-0.05, 0) is 55.7 Å². The zero-order chi connectivity index (χ0) is 23.6. The van der Waals surface area contributed by atoms with Gasteiger partial charge in [0.1, 0.15) is 6.04 Å². The lowest BCUT2D eigenvalue weighted by atomic mass is 9.85. The second kappa shape index (κ2) is 8.07. The third kappa shape index (κ3) is 3.16. The van der Waals surface area contributed by atoms with Crippen LogP contribution in [0.25, 0.3) is 5.57 Å². The number of carbonyl (C=O) groups excluding carboxylic acids is 3. The van der Waals surface area contributed by atoms with Crippen molar-refractivity contribution in [1.29, 1.82) is 0 Å². The molecule has 0 saturated carbocycles. The summed E-state index contributed by atoms with van der Waals surface area (Å²) >= 11 is 6.05. The number of para-hydroxylation sites is 1. The van der Waals surface area contributed by atoms with E-state index in [4.69, 9.17) is 16.3 Å². The molecule has 7 heteroatoms. The number of ether oxygens (including phenoxy) is 1. The van der Waals surface area contributed by atoms with E-state index < -0.39 is 17.9 Å². The number of anilines is 1. The van der Waals surface area contributed by atoms with E-state index in [1.165, 1.54) is 4.90 Å². The molecule has 6 rings (SSSR count). The maximum atomic E-state index is 13.9. The van der Waals surface area contributed by atoms with E-state index in [9.17, 15) is 14.4 Å². The summed E-state index contributed by atoms with van der Waals surface area (Å²) < 4.78 is 5.71. The summed E-state index contributed by atoms with van der Waals surface area (Å²) in [6.45, 7) is 2.93. The van der Waals surface area contributed by atoms with E-state index in [0.717, 1.165) is 29.7 Å². The number of hydrogen-bond donors (Lipinski definition) is 0. The Morgan fingerprint density at radius 2 is 1.79 bits per heavy atom. The topological polar surface area (TPSA) is 66.9 Å². The average Bonchev–Trinajstić information content (AvgIpc) is 3.53. The minimum absolute atomic E-state index is 0.127. The summed E-state index contributed by atoms with van der Waals surface area (Å²) in [5.41, 5.74) is 3.44. The fourth-order valence-electron chi connectivity index (χ4n) is 6.12. The monoisotopic (exact) mass is 476 g/mol. The van der Waals surface area contributed by atoms with Crippen LogP contribution >= 0.6 is 11.6 Å². The maximum absolute atomic E-state index is 13.9. The number of rotatable bonds is 4. The number of ketones is 1. The van der Waals surface area contributed by atoms with Crippen molar-refractivity contribution in [2.45, 2.75) is 38.0 Å². The van der Waals surface area contributed by atoms with E-state index in [1.807, 2.05) is 36.1 Å². The molecule has 6 nitrogen and oxygen atoms in total. The number of allylic oxidation sites excluding steroid dienone is 1. The van der Waals surface area contributed by atoms with Gasteiger partial charge in [-0.25, -0.2) is 0 Å². The minimum Gasteiger partial charge on any atom is -0.376 e. The van der Waals surface area contributed by atoms with Crippen LogP contribution in [0.3, 0.4) is 0 Å². The molecule has 0 N–H and O–H groups in total. The number of hydrogen-bond acceptors (Lipinski definition) is 5. The Kier molecular flexibility index (Phi) is 5.12. The third-order valence-electron chi connectivity index (χ3n) is 7.65. The number of fused-ring (bicyclic) bond motifs is 5. The van der Waals surface area contributed by atoms with E-state index in [-0.39, 0.29) is 36.3 Å². The van der Waals surface area contributed by atoms with Crippen molar-refractivity contribution >= 4 is 40.5 Å². The molecule has 4 heterocycles. The Balaban J connectivity index is 1.45. The van der Waals surface area contributed by atoms with Gasteiger partial charge in [-0.15, -0.1) is 0 Å². The van der Waals surface area contributed by atoms with Gasteiger partial charge in [-0.2, -0.15) is 0 Å². The molecule has 5 atom stereocenters. The normalized spacial score (nSPS) is 29.7. The van der Waals surface area contributed by atoms with Crippen molar-refractivity contribution in [2.24, 2.45) is 11.8 Å². The van der Waals surface area contributed by atoms with Gasteiger partial charge in [0.2, 0.25) is 11.8 Å². The zero-order valence-corrected chi connectivity index (χ0v) is 19.6. The maximum Gasteiger partial charge on any atom is 0.235 e. The summed E-state index contributed by atoms with van der Waals surface area (Å²) in [6, 6.07) is 13.5. The molecule has 0 radical (unpaired) electrons. The fourth-order valence-corrected chi connectivity index (χ4v) is 6.24. The number of benzene rings is 2. The lowest BCUT2D eigenvalue weighted by Crippen LogP contribution is -2.49. The number of carbonyl (C=O) groups is 3. The van der Waals surface area contributed by atoms with Crippen molar-refractivity contribution in [3.63, 3.8) is 0 Å². The van der Waals surface area contributed by atoms with Gasteiger partial charge < -0.3 is 9.64 Å². The molecule has 34 heavy (non-hydrogen) atoms. The van der Waals surface area contributed by atoms with Gasteiger partial charge in [-0.1, -0.05) is 35.9 Å². The average molecular weight is 477 g/mol. The lowest BCUT2D eigenvalue weighted by Gasteiger charge is -2.38. The molecule has 0 bridgehead atoms. The summed E-state index contributed by atoms with van der Waals surface area (Å²) in [5.74, 6) is -1.97. The number of amides is 2. The summed E-state index contributed by atoms with van der Waals surface area (Å²) in [4.78, 5) is 44.7. The van der Waals surface area contributed by atoms with Crippen molar-refractivity contribution in [3.8, 4) is 0 Å². The lowest BCUT2D eigenvalue weighted by molar-refractivity contribution is -0.142. The van der Waals surface area contributed by atoms with Crippen LogP contribution in [-0.2, 0) is 14.3 Å². The van der Waals surface area contributed by atoms with Gasteiger partial charge in [0.15, 0.2) is 5.78 Å². The Morgan fingerprint density at radius 1 is 1.06 bits per heavy atom. The number of imide groups is 1. The summed E-state index contributed by atoms with van der Waals surface area (Å²) in [7, 11) is 0. The van der Waals surface area contributed by atoms with Crippen molar-refractivity contribution < 1.29 is 19.1 Å². The Morgan fingerprint density at radius 3 is 2.53 bits per heavy atom. The highest BCUT2D eigenvalue weighted by Crippen LogP contribution is 2.50. The molecule has 4 aliphatic heterocycles. The minimum atomic E-state index is -0.771. The molecule has 0 aromatic heterocycles. The second-order valence-electron chi connectivity index (χ2n) is 9.55. The number of halogens is 1. The van der Waals surface area contributed by atoms with Crippen LogP contribution in [0.2, 0.25) is 5.02 Å². The Hall–Kier alpha value is -2.96. The summed E-state index contributed by atoms with van der Waals surface area (Å²) in [6.07, 6.45) is 3.69. The van der Waals surface area contributed by atoms with Crippen LogP contribution in [0.4, 0.5) is 5.69 Å². The molecule has 2 aromatic rings. The van der Waals surface area contributed by atoms with Crippen molar-refractivity contribution in [2.75, 3.05) is 18.1 Å². The van der Waals surface area contributed by atoms with Crippen molar-refractivity contribution in [1.82, 2.24) is 4.90 Å². The highest BCUT2D eigenvalue weighted by atomic mass is 35.5. The van der Waals surface area contributed by atoms with Crippen molar-refractivity contribution in [3.05, 3.63) is 70.8 Å².